The standard InChI is InChI=1S/C6H12ClO3P/c1-4-5-9-11(7,8)10-6(2)3/h4,6H,1,5H2,2-3H3. The third-order valence-electron chi connectivity index (χ3n) is 0.683. The van der Waals surface area contributed by atoms with Gasteiger partial charge in [-0.05, 0) is 13.8 Å². The van der Waals surface area contributed by atoms with E-state index < -0.39 is 6.95 Å². The molecule has 5 heteroatoms. The second kappa shape index (κ2) is 4.94. The summed E-state index contributed by atoms with van der Waals surface area (Å²) >= 11 is 5.37. The fraction of sp³-hybridized carbons (Fsp3) is 0.667. The van der Waals surface area contributed by atoms with Crippen LogP contribution in [0.1, 0.15) is 13.8 Å². The third-order valence-corrected chi connectivity index (χ3v) is 2.35. The Kier molecular flexibility index (Phi) is 5.02. The van der Waals surface area contributed by atoms with Crippen LogP contribution in [0.25, 0.3) is 0 Å². The molecule has 0 aromatic rings. The van der Waals surface area contributed by atoms with Crippen molar-refractivity contribution in [1.29, 1.82) is 0 Å². The summed E-state index contributed by atoms with van der Waals surface area (Å²) in [5.41, 5.74) is 0. The summed E-state index contributed by atoms with van der Waals surface area (Å²) in [4.78, 5) is 0. The number of rotatable bonds is 5. The highest BCUT2D eigenvalue weighted by Gasteiger charge is 2.21. The molecule has 3 nitrogen and oxygen atoms in total. The summed E-state index contributed by atoms with van der Waals surface area (Å²) < 4.78 is 20.5. The molecule has 0 amide bonds. The molecule has 0 spiro atoms. The van der Waals surface area contributed by atoms with Crippen molar-refractivity contribution in [3.63, 3.8) is 0 Å². The van der Waals surface area contributed by atoms with Crippen molar-refractivity contribution in [1.82, 2.24) is 0 Å². The van der Waals surface area contributed by atoms with Crippen LogP contribution in [0.2, 0.25) is 0 Å². The lowest BCUT2D eigenvalue weighted by molar-refractivity contribution is 0.191. The van der Waals surface area contributed by atoms with Crippen molar-refractivity contribution in [3.8, 4) is 0 Å². The van der Waals surface area contributed by atoms with E-state index in [9.17, 15) is 4.57 Å². The average Bonchev–Trinajstić information content (AvgIpc) is 1.81. The molecule has 0 saturated heterocycles. The molecule has 11 heavy (non-hydrogen) atoms. The number of hydrogen-bond donors (Lipinski definition) is 0. The Labute approximate surface area is 71.7 Å². The average molecular weight is 199 g/mol. The van der Waals surface area contributed by atoms with E-state index in [-0.39, 0.29) is 12.7 Å². The molecule has 0 heterocycles. The molecule has 0 radical (unpaired) electrons. The van der Waals surface area contributed by atoms with Gasteiger partial charge in [0.05, 0.1) is 12.7 Å². The van der Waals surface area contributed by atoms with Crippen LogP contribution in [0.5, 0.6) is 0 Å². The SMILES string of the molecule is C=CCOP(=O)(Cl)OC(C)C. The predicted molar refractivity (Wildman–Crippen MR) is 45.8 cm³/mol. The van der Waals surface area contributed by atoms with E-state index in [1.54, 1.807) is 13.8 Å². The summed E-state index contributed by atoms with van der Waals surface area (Å²) in [6.07, 6.45) is 1.25. The molecule has 0 bridgehead atoms. The molecule has 0 fully saturated rings. The van der Waals surface area contributed by atoms with Gasteiger partial charge in [0.15, 0.2) is 0 Å². The summed E-state index contributed by atoms with van der Waals surface area (Å²) in [5.74, 6) is 0. The molecule has 1 unspecified atom stereocenters. The first kappa shape index (κ1) is 11.2. The van der Waals surface area contributed by atoms with Crippen LogP contribution in [0, 0.1) is 0 Å². The highest BCUT2D eigenvalue weighted by atomic mass is 35.7. The highest BCUT2D eigenvalue weighted by Crippen LogP contribution is 2.54. The van der Waals surface area contributed by atoms with E-state index in [1.807, 2.05) is 0 Å². The van der Waals surface area contributed by atoms with Gasteiger partial charge < -0.3 is 0 Å². The molecular weight excluding hydrogens is 186 g/mol. The minimum absolute atomic E-state index is 0.132. The first-order chi connectivity index (χ1) is 4.98. The van der Waals surface area contributed by atoms with Gasteiger partial charge >= 0.3 is 6.95 Å². The maximum absolute atomic E-state index is 11.1. The first-order valence-electron chi connectivity index (χ1n) is 3.21. The minimum atomic E-state index is -3.36. The normalized spacial score (nSPS) is 16.4. The Morgan fingerprint density at radius 2 is 2.27 bits per heavy atom. The Balaban J connectivity index is 3.80. The van der Waals surface area contributed by atoms with Gasteiger partial charge in [0.2, 0.25) is 0 Å². The lowest BCUT2D eigenvalue weighted by atomic mass is 10.5. The topological polar surface area (TPSA) is 35.5 Å². The Morgan fingerprint density at radius 1 is 1.73 bits per heavy atom. The van der Waals surface area contributed by atoms with Crippen molar-refractivity contribution < 1.29 is 13.6 Å². The number of hydrogen-bond acceptors (Lipinski definition) is 3. The lowest BCUT2D eigenvalue weighted by Crippen LogP contribution is -1.99. The Morgan fingerprint density at radius 3 is 2.64 bits per heavy atom. The van der Waals surface area contributed by atoms with Crippen LogP contribution in [0.4, 0.5) is 0 Å². The molecule has 66 valence electrons. The van der Waals surface area contributed by atoms with Crippen LogP contribution in [0.15, 0.2) is 12.7 Å². The maximum atomic E-state index is 11.1. The molecule has 0 aromatic heterocycles. The van der Waals surface area contributed by atoms with E-state index in [1.165, 1.54) is 6.08 Å². The quantitative estimate of drug-likeness (QED) is 0.503. The zero-order valence-corrected chi connectivity index (χ0v) is 8.27. The van der Waals surface area contributed by atoms with Gasteiger partial charge in [-0.2, -0.15) is 0 Å². The van der Waals surface area contributed by atoms with E-state index in [0.717, 1.165) is 0 Å². The van der Waals surface area contributed by atoms with Crippen LogP contribution in [0.3, 0.4) is 0 Å². The Hall–Kier alpha value is 0.180. The third kappa shape index (κ3) is 6.57. The van der Waals surface area contributed by atoms with Crippen LogP contribution in [-0.2, 0) is 13.6 Å². The van der Waals surface area contributed by atoms with Gasteiger partial charge in [-0.3, -0.25) is 9.05 Å². The molecule has 0 N–H and O–H groups in total. The molecule has 1 atom stereocenters. The summed E-state index contributed by atoms with van der Waals surface area (Å²) in [6, 6.07) is 0. The molecule has 0 aliphatic heterocycles. The molecule has 0 saturated carbocycles. The van der Waals surface area contributed by atoms with E-state index in [0.29, 0.717) is 0 Å². The van der Waals surface area contributed by atoms with Gasteiger partial charge in [-0.25, -0.2) is 4.57 Å². The van der Waals surface area contributed by atoms with Crippen LogP contribution < -0.4 is 0 Å². The summed E-state index contributed by atoms with van der Waals surface area (Å²) in [5, 5.41) is 0. The molecule has 0 aliphatic rings. The smallest absolute Gasteiger partial charge is 0.294 e. The van der Waals surface area contributed by atoms with Crippen molar-refractivity contribution in [3.05, 3.63) is 12.7 Å². The van der Waals surface area contributed by atoms with Crippen molar-refractivity contribution >= 4 is 18.2 Å². The van der Waals surface area contributed by atoms with Crippen molar-refractivity contribution in [2.45, 2.75) is 20.0 Å². The van der Waals surface area contributed by atoms with Crippen molar-refractivity contribution in [2.75, 3.05) is 6.61 Å². The Bertz CT molecular complexity index is 169. The van der Waals surface area contributed by atoms with Gasteiger partial charge in [0.1, 0.15) is 0 Å². The zero-order chi connectivity index (χ0) is 8.91. The van der Waals surface area contributed by atoms with Gasteiger partial charge in [0, 0.05) is 11.2 Å². The molecule has 0 aromatic carbocycles. The van der Waals surface area contributed by atoms with Crippen LogP contribution in [-0.4, -0.2) is 12.7 Å². The first-order valence-corrected chi connectivity index (χ1v) is 5.66. The number of halogens is 1. The molecule has 0 rings (SSSR count). The van der Waals surface area contributed by atoms with Gasteiger partial charge in [-0.15, -0.1) is 6.58 Å². The van der Waals surface area contributed by atoms with Crippen molar-refractivity contribution in [2.24, 2.45) is 0 Å². The molecular formula is C6H12ClO3P. The summed E-state index contributed by atoms with van der Waals surface area (Å²) in [6.45, 7) is 3.61. The monoisotopic (exact) mass is 198 g/mol. The van der Waals surface area contributed by atoms with Crippen LogP contribution >= 0.6 is 18.2 Å². The highest BCUT2D eigenvalue weighted by molar-refractivity contribution is 7.81. The fourth-order valence-electron chi connectivity index (χ4n) is 0.424. The second-order valence-electron chi connectivity index (χ2n) is 2.17. The largest absolute Gasteiger partial charge is 0.424 e. The predicted octanol–water partition coefficient (Wildman–Crippen LogP) is 2.96. The van der Waals surface area contributed by atoms with Gasteiger partial charge in [-0.1, -0.05) is 6.08 Å². The van der Waals surface area contributed by atoms with E-state index in [4.69, 9.17) is 15.8 Å². The maximum Gasteiger partial charge on any atom is 0.424 e. The van der Waals surface area contributed by atoms with E-state index >= 15 is 0 Å². The molecule has 0 aliphatic carbocycles. The zero-order valence-electron chi connectivity index (χ0n) is 6.62. The fourth-order valence-corrected chi connectivity index (χ4v) is 1.92. The second-order valence-corrected chi connectivity index (χ2v) is 4.74. The minimum Gasteiger partial charge on any atom is -0.294 e. The van der Waals surface area contributed by atoms with E-state index in [2.05, 4.69) is 11.1 Å². The van der Waals surface area contributed by atoms with Gasteiger partial charge in [0.25, 0.3) is 0 Å². The lowest BCUT2D eigenvalue weighted by Gasteiger charge is -2.12. The summed E-state index contributed by atoms with van der Waals surface area (Å²) in [7, 11) is 0.